The number of anilines is 3. The fraction of sp³-hybridized carbons (Fsp3) is 0.0769. The highest BCUT2D eigenvalue weighted by atomic mass is 32.1. The van der Waals surface area contributed by atoms with E-state index in [2.05, 4.69) is 221 Å². The number of thiophene rings is 1. The molecule has 0 bridgehead atoms. The summed E-state index contributed by atoms with van der Waals surface area (Å²) in [6.45, 7) is 8.73. The Hall–Kier alpha value is -6.22. The maximum Gasteiger partial charge on any atom is 0.0520 e. The summed E-state index contributed by atoms with van der Waals surface area (Å²) in [5.74, 6) is 0. The van der Waals surface area contributed by atoms with E-state index >= 15 is 0 Å². The lowest BCUT2D eigenvalue weighted by atomic mass is 9.91. The quantitative estimate of drug-likeness (QED) is 0.106. The Bertz CT molecular complexity index is 2590. The Morgan fingerprint density at radius 3 is 1.35 bits per heavy atom. The molecule has 0 spiro atoms. The molecule has 1 aromatic heterocycles. The third kappa shape index (κ3) is 7.35. The van der Waals surface area contributed by atoms with Crippen LogP contribution in [0.25, 0.3) is 58.0 Å². The zero-order valence-electron chi connectivity index (χ0n) is 31.3. The van der Waals surface area contributed by atoms with E-state index in [1.807, 2.05) is 0 Å². The van der Waals surface area contributed by atoms with Gasteiger partial charge in [-0.25, -0.2) is 0 Å². The number of rotatable bonds is 9. The summed E-state index contributed by atoms with van der Waals surface area (Å²) < 4.78 is 0. The van der Waals surface area contributed by atoms with Crippen LogP contribution >= 0.6 is 11.3 Å². The van der Waals surface area contributed by atoms with Crippen molar-refractivity contribution in [3.8, 4) is 0 Å². The van der Waals surface area contributed by atoms with Crippen molar-refractivity contribution in [1.29, 1.82) is 0 Å². The van der Waals surface area contributed by atoms with Crippen molar-refractivity contribution in [1.82, 2.24) is 0 Å². The minimum atomic E-state index is 1.15. The fourth-order valence-electron chi connectivity index (χ4n) is 7.55. The van der Waals surface area contributed by atoms with E-state index in [4.69, 9.17) is 0 Å². The molecule has 0 unspecified atom stereocenters. The van der Waals surface area contributed by atoms with Crippen molar-refractivity contribution in [2.75, 3.05) is 4.90 Å². The molecule has 1 nitrogen and oxygen atoms in total. The maximum absolute atomic E-state index is 2.39. The fourth-order valence-corrected chi connectivity index (χ4v) is 8.37. The van der Waals surface area contributed by atoms with Gasteiger partial charge in [0.2, 0.25) is 0 Å². The zero-order chi connectivity index (χ0) is 37.0. The van der Waals surface area contributed by atoms with Crippen LogP contribution in [0.15, 0.2) is 152 Å². The van der Waals surface area contributed by atoms with Crippen LogP contribution in [0, 0.1) is 27.7 Å². The first-order valence-corrected chi connectivity index (χ1v) is 19.4. The van der Waals surface area contributed by atoms with E-state index in [0.29, 0.717) is 0 Å². The zero-order valence-corrected chi connectivity index (χ0v) is 32.1. The van der Waals surface area contributed by atoms with E-state index in [-0.39, 0.29) is 0 Å². The molecule has 0 saturated heterocycles. The Labute approximate surface area is 323 Å². The van der Waals surface area contributed by atoms with Gasteiger partial charge in [0, 0.05) is 21.1 Å². The average Bonchev–Trinajstić information content (AvgIpc) is 3.65. The predicted molar refractivity (Wildman–Crippen MR) is 239 cm³/mol. The Balaban J connectivity index is 1.06. The molecule has 0 aliphatic rings. The van der Waals surface area contributed by atoms with Gasteiger partial charge < -0.3 is 4.90 Å². The van der Waals surface area contributed by atoms with E-state index in [9.17, 15) is 0 Å². The van der Waals surface area contributed by atoms with Crippen molar-refractivity contribution in [2.24, 2.45) is 0 Å². The summed E-state index contributed by atoms with van der Waals surface area (Å²) >= 11 is 1.81. The van der Waals surface area contributed by atoms with Gasteiger partial charge in [-0.2, -0.15) is 0 Å². The Kier molecular flexibility index (Phi) is 9.94. The molecule has 0 radical (unpaired) electrons. The van der Waals surface area contributed by atoms with Crippen LogP contribution < -0.4 is 4.90 Å². The van der Waals surface area contributed by atoms with Crippen LogP contribution in [0.5, 0.6) is 0 Å². The maximum atomic E-state index is 2.39. The van der Waals surface area contributed by atoms with E-state index in [1.54, 1.807) is 11.3 Å². The van der Waals surface area contributed by atoms with E-state index < -0.39 is 0 Å². The van der Waals surface area contributed by atoms with Crippen LogP contribution in [0.2, 0.25) is 0 Å². The summed E-state index contributed by atoms with van der Waals surface area (Å²) in [4.78, 5) is 4.84. The molecule has 54 heavy (non-hydrogen) atoms. The number of benzene rings is 7. The number of nitrogens with zero attached hydrogens (tertiary/aromatic N) is 1. The van der Waals surface area contributed by atoms with Gasteiger partial charge >= 0.3 is 0 Å². The van der Waals surface area contributed by atoms with Crippen molar-refractivity contribution >= 4 is 86.4 Å². The van der Waals surface area contributed by atoms with Crippen LogP contribution in [0.1, 0.15) is 54.3 Å². The van der Waals surface area contributed by atoms with Crippen LogP contribution in [0.3, 0.4) is 0 Å². The smallest absolute Gasteiger partial charge is 0.0520 e. The molecule has 1 heterocycles. The van der Waals surface area contributed by atoms with Gasteiger partial charge in [0.05, 0.1) is 5.69 Å². The summed E-state index contributed by atoms with van der Waals surface area (Å²) in [5, 5.41) is 5.04. The summed E-state index contributed by atoms with van der Waals surface area (Å²) in [6, 6.07) is 54.8. The van der Waals surface area contributed by atoms with Gasteiger partial charge in [-0.1, -0.05) is 151 Å². The molecule has 0 aliphatic carbocycles. The molecule has 0 amide bonds. The number of hydrogen-bond acceptors (Lipinski definition) is 2. The van der Waals surface area contributed by atoms with Crippen LogP contribution in [-0.2, 0) is 0 Å². The van der Waals surface area contributed by atoms with Gasteiger partial charge in [-0.15, -0.1) is 11.3 Å². The SMILES string of the molecule is Cc1ccc(N(c2ccc(C=Cc3ccc(C=Cc4c5ccccc5c(C=Cc5ccccc5)c5ccccc45)s3)cc2)c2c(C)cc(C)cc2C)cc1. The Morgan fingerprint density at radius 1 is 0.389 bits per heavy atom. The third-order valence-corrected chi connectivity index (χ3v) is 11.1. The Morgan fingerprint density at radius 2 is 0.815 bits per heavy atom. The molecule has 0 aliphatic heterocycles. The van der Waals surface area contributed by atoms with Crippen molar-refractivity contribution in [2.45, 2.75) is 27.7 Å². The average molecular weight is 714 g/mol. The van der Waals surface area contributed by atoms with Crippen LogP contribution in [-0.4, -0.2) is 0 Å². The predicted octanol–water partition coefficient (Wildman–Crippen LogP) is 15.3. The molecular formula is C52H43NS. The van der Waals surface area contributed by atoms with Crippen molar-refractivity contribution < 1.29 is 0 Å². The monoisotopic (exact) mass is 713 g/mol. The first-order chi connectivity index (χ1) is 26.4. The van der Waals surface area contributed by atoms with Gasteiger partial charge in [0.15, 0.2) is 0 Å². The molecule has 262 valence electrons. The second-order valence-corrected chi connectivity index (χ2v) is 15.2. The van der Waals surface area contributed by atoms with Crippen molar-refractivity contribution in [3.05, 3.63) is 206 Å². The van der Waals surface area contributed by atoms with Crippen LogP contribution in [0.4, 0.5) is 17.1 Å². The lowest BCUT2D eigenvalue weighted by Gasteiger charge is -2.29. The second kappa shape index (κ2) is 15.4. The molecule has 0 saturated carbocycles. The molecule has 7 aromatic carbocycles. The summed E-state index contributed by atoms with van der Waals surface area (Å²) in [7, 11) is 0. The van der Waals surface area contributed by atoms with E-state index in [0.717, 1.165) is 11.4 Å². The molecule has 0 fully saturated rings. The van der Waals surface area contributed by atoms with E-state index in [1.165, 1.54) is 81.5 Å². The standard InChI is InChI=1S/C52H43NS/c1-36-18-24-42(25-19-36)53(52-38(3)34-37(2)35-39(52)4)43-26-20-41(21-27-43)22-28-44-29-30-45(54-44)31-33-51-48-16-10-8-14-46(48)50(47-15-9-11-17-49(47)51)32-23-40-12-6-5-7-13-40/h5-35H,1-4H3. The van der Waals surface area contributed by atoms with Gasteiger partial charge in [0.1, 0.15) is 0 Å². The number of aryl methyl sites for hydroxylation is 4. The van der Waals surface area contributed by atoms with Crippen molar-refractivity contribution in [3.63, 3.8) is 0 Å². The highest BCUT2D eigenvalue weighted by molar-refractivity contribution is 7.13. The highest BCUT2D eigenvalue weighted by Crippen LogP contribution is 2.40. The molecule has 0 atom stereocenters. The largest absolute Gasteiger partial charge is 0.310 e. The van der Waals surface area contributed by atoms with Gasteiger partial charge in [0.25, 0.3) is 0 Å². The molecule has 8 aromatic rings. The lowest BCUT2D eigenvalue weighted by Crippen LogP contribution is -2.13. The molecule has 2 heteroatoms. The summed E-state index contributed by atoms with van der Waals surface area (Å²) in [5.41, 5.74) is 13.5. The minimum absolute atomic E-state index is 1.15. The lowest BCUT2D eigenvalue weighted by molar-refractivity contribution is 1.20. The molecule has 0 N–H and O–H groups in total. The molecular weight excluding hydrogens is 671 g/mol. The van der Waals surface area contributed by atoms with Gasteiger partial charge in [-0.3, -0.25) is 0 Å². The topological polar surface area (TPSA) is 3.24 Å². The minimum Gasteiger partial charge on any atom is -0.310 e. The third-order valence-electron chi connectivity index (χ3n) is 10.1. The number of hydrogen-bond donors (Lipinski definition) is 0. The first-order valence-electron chi connectivity index (χ1n) is 18.6. The molecule has 8 rings (SSSR count). The summed E-state index contributed by atoms with van der Waals surface area (Å²) in [6.07, 6.45) is 13.5. The first kappa shape index (κ1) is 34.8. The normalized spacial score (nSPS) is 11.9. The highest BCUT2D eigenvalue weighted by Gasteiger charge is 2.17. The number of fused-ring (bicyclic) bond motifs is 2. The second-order valence-electron chi connectivity index (χ2n) is 14.1. The van der Waals surface area contributed by atoms with Gasteiger partial charge in [-0.05, 0) is 131 Å².